The first-order valence-electron chi connectivity index (χ1n) is 5.37. The van der Waals surface area contributed by atoms with Gasteiger partial charge in [-0.1, -0.05) is 0 Å². The molecule has 3 N–H and O–H groups in total. The van der Waals surface area contributed by atoms with Crippen LogP contribution >= 0.6 is 0 Å². The van der Waals surface area contributed by atoms with Gasteiger partial charge in [-0.3, -0.25) is 0 Å². The molecule has 0 aromatic carbocycles. The smallest absolute Gasteiger partial charge is 0.163 e. The normalized spacial score (nSPS) is 43.2. The van der Waals surface area contributed by atoms with Crippen LogP contribution in [-0.2, 0) is 14.2 Å². The van der Waals surface area contributed by atoms with Crippen LogP contribution in [0.4, 0.5) is 0 Å². The van der Waals surface area contributed by atoms with Crippen molar-refractivity contribution in [3.05, 3.63) is 0 Å². The van der Waals surface area contributed by atoms with Crippen LogP contribution in [0.15, 0.2) is 0 Å². The fourth-order valence-electron chi connectivity index (χ4n) is 2.34. The molecule has 2 fully saturated rings. The summed E-state index contributed by atoms with van der Waals surface area (Å²) in [6.07, 6.45) is 0.495. The second kappa shape index (κ2) is 3.99. The maximum Gasteiger partial charge on any atom is 0.163 e. The van der Waals surface area contributed by atoms with E-state index in [2.05, 4.69) is 0 Å². The molecule has 0 bridgehead atoms. The second-order valence-electron chi connectivity index (χ2n) is 4.60. The van der Waals surface area contributed by atoms with Crippen molar-refractivity contribution in [1.29, 1.82) is 0 Å². The van der Waals surface area contributed by atoms with Crippen LogP contribution in [0.2, 0.25) is 0 Å². The van der Waals surface area contributed by atoms with Crippen LogP contribution in [0.5, 0.6) is 0 Å². The Bertz CT molecular complexity index is 233. The number of fused-ring (bicyclic) bond motifs is 1. The molecule has 1 aliphatic heterocycles. The standard InChI is InChI=1S/C10H19NO4/c1-10(2)14-8-6(11)5-7(9(8)15-10)13-4-3-12/h6-9,12H,3-5,11H2,1-2H3/t6-,7+,8+,9-/m0/s1. The highest BCUT2D eigenvalue weighted by molar-refractivity contribution is 5.01. The van der Waals surface area contributed by atoms with Crippen molar-refractivity contribution in [3.63, 3.8) is 0 Å². The van der Waals surface area contributed by atoms with Gasteiger partial charge in [0, 0.05) is 6.04 Å². The molecule has 1 aliphatic carbocycles. The van der Waals surface area contributed by atoms with Crippen molar-refractivity contribution in [2.75, 3.05) is 13.2 Å². The lowest BCUT2D eigenvalue weighted by molar-refractivity contribution is -0.168. The SMILES string of the molecule is CC1(C)O[C@@H]2[C@H](O1)[C@@H](N)C[C@H]2OCCO. The number of nitrogens with two attached hydrogens (primary N) is 1. The second-order valence-corrected chi connectivity index (χ2v) is 4.60. The maximum absolute atomic E-state index is 8.71. The molecule has 0 amide bonds. The van der Waals surface area contributed by atoms with Crippen LogP contribution in [0.1, 0.15) is 20.3 Å². The van der Waals surface area contributed by atoms with Crippen molar-refractivity contribution in [2.45, 2.75) is 50.4 Å². The van der Waals surface area contributed by atoms with Gasteiger partial charge >= 0.3 is 0 Å². The maximum atomic E-state index is 8.71. The molecule has 88 valence electrons. The van der Waals surface area contributed by atoms with Gasteiger partial charge in [0.05, 0.1) is 19.3 Å². The predicted octanol–water partition coefficient (Wildman–Crippen LogP) is -0.385. The molecule has 0 unspecified atom stereocenters. The molecule has 2 rings (SSSR count). The van der Waals surface area contributed by atoms with E-state index < -0.39 is 5.79 Å². The molecule has 2 aliphatic rings. The highest BCUT2D eigenvalue weighted by Gasteiger charge is 2.53. The monoisotopic (exact) mass is 217 g/mol. The van der Waals surface area contributed by atoms with E-state index in [9.17, 15) is 0 Å². The Balaban J connectivity index is 1.99. The van der Waals surface area contributed by atoms with E-state index in [1.807, 2.05) is 13.8 Å². The highest BCUT2D eigenvalue weighted by Crippen LogP contribution is 2.38. The lowest BCUT2D eigenvalue weighted by atomic mass is 10.2. The van der Waals surface area contributed by atoms with E-state index in [0.29, 0.717) is 6.61 Å². The van der Waals surface area contributed by atoms with Gasteiger partial charge in [-0.15, -0.1) is 0 Å². The van der Waals surface area contributed by atoms with Crippen LogP contribution < -0.4 is 5.73 Å². The van der Waals surface area contributed by atoms with Gasteiger partial charge in [-0.25, -0.2) is 0 Å². The van der Waals surface area contributed by atoms with Gasteiger partial charge < -0.3 is 25.1 Å². The molecule has 0 spiro atoms. The van der Waals surface area contributed by atoms with E-state index in [0.717, 1.165) is 6.42 Å². The van der Waals surface area contributed by atoms with Gasteiger partial charge in [0.2, 0.25) is 0 Å². The Kier molecular flexibility index (Phi) is 3.00. The zero-order chi connectivity index (χ0) is 11.1. The molecular formula is C10H19NO4. The van der Waals surface area contributed by atoms with Gasteiger partial charge in [-0.05, 0) is 20.3 Å². The molecule has 0 radical (unpaired) electrons. The van der Waals surface area contributed by atoms with Gasteiger partial charge in [0.1, 0.15) is 12.2 Å². The fourth-order valence-corrected chi connectivity index (χ4v) is 2.34. The highest BCUT2D eigenvalue weighted by atomic mass is 16.8. The Labute approximate surface area is 89.5 Å². The van der Waals surface area contributed by atoms with E-state index in [-0.39, 0.29) is 31.0 Å². The quantitative estimate of drug-likeness (QED) is 0.674. The third-order valence-electron chi connectivity index (χ3n) is 2.88. The molecule has 0 aromatic rings. The first-order chi connectivity index (χ1) is 7.03. The van der Waals surface area contributed by atoms with Crippen molar-refractivity contribution in [1.82, 2.24) is 0 Å². The molecule has 0 aromatic heterocycles. The first kappa shape index (κ1) is 11.3. The number of hydrogen-bond donors (Lipinski definition) is 2. The number of hydrogen-bond acceptors (Lipinski definition) is 5. The van der Waals surface area contributed by atoms with Crippen molar-refractivity contribution in [3.8, 4) is 0 Å². The molecule has 1 saturated carbocycles. The number of rotatable bonds is 3. The minimum absolute atomic E-state index is 0.0212. The molecule has 5 nitrogen and oxygen atoms in total. The van der Waals surface area contributed by atoms with Gasteiger partial charge in [0.15, 0.2) is 5.79 Å². The number of ether oxygens (including phenoxy) is 3. The third kappa shape index (κ3) is 2.16. The minimum atomic E-state index is -0.575. The fraction of sp³-hybridized carbons (Fsp3) is 1.00. The average molecular weight is 217 g/mol. The van der Waals surface area contributed by atoms with Crippen LogP contribution in [-0.4, -0.2) is 48.5 Å². The third-order valence-corrected chi connectivity index (χ3v) is 2.88. The topological polar surface area (TPSA) is 73.9 Å². The molecule has 15 heavy (non-hydrogen) atoms. The summed E-state index contributed by atoms with van der Waals surface area (Å²) in [5, 5.41) is 8.71. The summed E-state index contributed by atoms with van der Waals surface area (Å²) in [6, 6.07) is -0.0412. The summed E-state index contributed by atoms with van der Waals surface area (Å²) in [5.41, 5.74) is 5.96. The summed E-state index contributed by atoms with van der Waals surface area (Å²) in [6.45, 7) is 4.10. The summed E-state index contributed by atoms with van der Waals surface area (Å²) in [7, 11) is 0. The average Bonchev–Trinajstić information content (AvgIpc) is 2.60. The zero-order valence-corrected chi connectivity index (χ0v) is 9.18. The predicted molar refractivity (Wildman–Crippen MR) is 53.2 cm³/mol. The Morgan fingerprint density at radius 1 is 1.40 bits per heavy atom. The molecular weight excluding hydrogens is 198 g/mol. The number of aliphatic hydroxyl groups is 1. The first-order valence-corrected chi connectivity index (χ1v) is 5.37. The van der Waals surface area contributed by atoms with E-state index >= 15 is 0 Å². The summed E-state index contributed by atoms with van der Waals surface area (Å²) >= 11 is 0. The molecule has 5 heteroatoms. The number of aliphatic hydroxyl groups excluding tert-OH is 1. The lowest BCUT2D eigenvalue weighted by Gasteiger charge is -2.22. The molecule has 4 atom stereocenters. The van der Waals surface area contributed by atoms with E-state index in [1.165, 1.54) is 0 Å². The lowest BCUT2D eigenvalue weighted by Crippen LogP contribution is -2.35. The summed E-state index contributed by atoms with van der Waals surface area (Å²) < 4.78 is 16.9. The van der Waals surface area contributed by atoms with Crippen LogP contribution in [0, 0.1) is 0 Å². The van der Waals surface area contributed by atoms with Gasteiger partial charge in [0.25, 0.3) is 0 Å². The summed E-state index contributed by atoms with van der Waals surface area (Å²) in [4.78, 5) is 0. The van der Waals surface area contributed by atoms with E-state index in [1.54, 1.807) is 0 Å². The Hall–Kier alpha value is -0.200. The minimum Gasteiger partial charge on any atom is -0.394 e. The van der Waals surface area contributed by atoms with Crippen LogP contribution in [0.3, 0.4) is 0 Å². The molecule has 1 saturated heterocycles. The van der Waals surface area contributed by atoms with Crippen molar-refractivity contribution < 1.29 is 19.3 Å². The van der Waals surface area contributed by atoms with Crippen molar-refractivity contribution in [2.24, 2.45) is 5.73 Å². The molecule has 1 heterocycles. The Morgan fingerprint density at radius 2 is 2.07 bits per heavy atom. The largest absolute Gasteiger partial charge is 0.394 e. The van der Waals surface area contributed by atoms with E-state index in [4.69, 9.17) is 25.1 Å². The zero-order valence-electron chi connectivity index (χ0n) is 9.18. The van der Waals surface area contributed by atoms with Crippen LogP contribution in [0.25, 0.3) is 0 Å². The van der Waals surface area contributed by atoms with Crippen molar-refractivity contribution >= 4 is 0 Å². The van der Waals surface area contributed by atoms with Gasteiger partial charge in [-0.2, -0.15) is 0 Å². The summed E-state index contributed by atoms with van der Waals surface area (Å²) in [5.74, 6) is -0.575. The Morgan fingerprint density at radius 3 is 2.73 bits per heavy atom.